The van der Waals surface area contributed by atoms with E-state index in [9.17, 15) is 0 Å². The Hall–Kier alpha value is -6.14. The van der Waals surface area contributed by atoms with Crippen LogP contribution in [0.4, 0.5) is 17.1 Å². The van der Waals surface area contributed by atoms with Gasteiger partial charge >= 0.3 is 6.85 Å². The summed E-state index contributed by atoms with van der Waals surface area (Å²) in [5, 5.41) is 12.7. The van der Waals surface area contributed by atoms with E-state index in [2.05, 4.69) is 173 Å². The highest BCUT2D eigenvalue weighted by atomic mass is 32.1. The van der Waals surface area contributed by atoms with Crippen molar-refractivity contribution in [2.24, 2.45) is 0 Å². The van der Waals surface area contributed by atoms with Crippen LogP contribution in [0.25, 0.3) is 64.2 Å². The van der Waals surface area contributed by atoms with Gasteiger partial charge in [0.25, 0.3) is 0 Å². The molecule has 0 radical (unpaired) electrons. The highest BCUT2D eigenvalue weighted by molar-refractivity contribution is 7.26. The van der Waals surface area contributed by atoms with Gasteiger partial charge < -0.3 is 9.38 Å². The Balaban J connectivity index is 1.23. The first-order chi connectivity index (χ1) is 26.3. The predicted octanol–water partition coefficient (Wildman–Crippen LogP) is 8.25. The average Bonchev–Trinajstić information content (AvgIpc) is 3.85. The first-order valence-corrected chi connectivity index (χ1v) is 21.4. The van der Waals surface area contributed by atoms with Gasteiger partial charge in [0, 0.05) is 48.7 Å². The summed E-state index contributed by atoms with van der Waals surface area (Å²) >= 11 is 1.95. The Labute approximate surface area is 310 Å². The van der Waals surface area contributed by atoms with Crippen LogP contribution in [0.2, 0.25) is 0 Å². The zero-order chi connectivity index (χ0) is 34.2. The Morgan fingerprint density at radius 2 is 1.13 bits per heavy atom. The molecule has 0 N–H and O–H groups in total. The normalized spacial score (nSPS) is 14.9. The smallest absolute Gasteiger partial charge is 0.333 e. The van der Waals surface area contributed by atoms with Crippen LogP contribution in [0.3, 0.4) is 0 Å². The number of thiophene rings is 1. The first kappa shape index (κ1) is 27.5. The number of aromatic nitrogens is 1. The van der Waals surface area contributed by atoms with Gasteiger partial charge in [-0.3, -0.25) is 0 Å². The third kappa shape index (κ3) is 2.95. The van der Waals surface area contributed by atoms with Crippen LogP contribution in [0.1, 0.15) is 0 Å². The molecule has 4 aliphatic rings. The summed E-state index contributed by atoms with van der Waals surface area (Å²) < 4.78 is 4.11. The van der Waals surface area contributed by atoms with E-state index in [4.69, 9.17) is 0 Å². The Bertz CT molecular complexity index is 3290. The van der Waals surface area contributed by atoms with E-state index in [-0.39, 0.29) is 6.85 Å². The lowest BCUT2D eigenvalue weighted by Gasteiger charge is -2.49. The van der Waals surface area contributed by atoms with Crippen molar-refractivity contribution >= 4 is 117 Å². The largest absolute Gasteiger partial charge is 0.367 e. The summed E-state index contributed by atoms with van der Waals surface area (Å²) in [6.45, 7) is 0.0296. The molecule has 53 heavy (non-hydrogen) atoms. The number of benzene rings is 8. The van der Waals surface area contributed by atoms with E-state index < -0.39 is 8.07 Å². The zero-order valence-corrected chi connectivity index (χ0v) is 30.3. The van der Waals surface area contributed by atoms with Crippen molar-refractivity contribution in [3.8, 4) is 22.3 Å². The topological polar surface area (TPSA) is 8.17 Å². The Kier molecular flexibility index (Phi) is 4.80. The molecule has 8 aromatic carbocycles. The van der Waals surface area contributed by atoms with Gasteiger partial charge in [-0.2, -0.15) is 0 Å². The molecule has 1 spiro atoms. The van der Waals surface area contributed by atoms with Crippen LogP contribution in [0.15, 0.2) is 164 Å². The van der Waals surface area contributed by atoms with Gasteiger partial charge in [0.2, 0.25) is 0 Å². The number of fused-ring (bicyclic) bond motifs is 20. The average molecular weight is 703 g/mol. The second kappa shape index (κ2) is 9.26. The standard InChI is InChI=1S/C48H27BN2SSi/c1-2-14-29-28(13-1)27-35-32-18-11-19-34-43-33-17-3-7-22-38(33)52-48(43)51(45(32)34)49-36-20-12-26-42-47(36)50(46(29)44(35)49)37-21-6-10-25-41(37)53(42)39-23-8-4-15-30(39)31-16-5-9-24-40(31)53/h1-27H. The number of nitrogens with zero attached hydrogens (tertiary/aromatic N) is 2. The fourth-order valence-corrected chi connectivity index (χ4v) is 18.0. The van der Waals surface area contributed by atoms with E-state index in [1.807, 2.05) is 11.3 Å². The molecule has 5 heteroatoms. The molecule has 0 aliphatic carbocycles. The third-order valence-electron chi connectivity index (χ3n) is 12.9. The van der Waals surface area contributed by atoms with Gasteiger partial charge in [-0.1, -0.05) is 146 Å². The number of para-hydroxylation sites is 3. The molecule has 0 atom stereocenters. The van der Waals surface area contributed by atoms with Crippen LogP contribution < -0.4 is 36.6 Å². The van der Waals surface area contributed by atoms with E-state index >= 15 is 0 Å². The number of rotatable bonds is 0. The van der Waals surface area contributed by atoms with Gasteiger partial charge in [-0.15, -0.1) is 11.3 Å². The number of anilines is 3. The lowest BCUT2D eigenvalue weighted by Crippen LogP contribution is -2.77. The second-order valence-corrected chi connectivity index (χ2v) is 19.8. The van der Waals surface area contributed by atoms with Crippen LogP contribution in [0, 0.1) is 0 Å². The van der Waals surface area contributed by atoms with Crippen LogP contribution >= 0.6 is 11.3 Å². The zero-order valence-electron chi connectivity index (χ0n) is 28.5. The third-order valence-corrected chi connectivity index (χ3v) is 19.0. The van der Waals surface area contributed by atoms with Crippen LogP contribution in [-0.2, 0) is 0 Å². The molecule has 0 amide bonds. The monoisotopic (exact) mass is 702 g/mol. The van der Waals surface area contributed by atoms with Crippen molar-refractivity contribution < 1.29 is 0 Å². The minimum atomic E-state index is -2.73. The van der Waals surface area contributed by atoms with Crippen molar-refractivity contribution in [3.63, 3.8) is 0 Å². The number of hydrogen-bond donors (Lipinski definition) is 0. The second-order valence-electron chi connectivity index (χ2n) is 15.1. The lowest BCUT2D eigenvalue weighted by atomic mass is 9.45. The molecule has 2 aromatic heterocycles. The van der Waals surface area contributed by atoms with Crippen molar-refractivity contribution in [1.29, 1.82) is 0 Å². The predicted molar refractivity (Wildman–Crippen MR) is 229 cm³/mol. The summed E-state index contributed by atoms with van der Waals surface area (Å²) in [4.78, 5) is 4.07. The van der Waals surface area contributed by atoms with E-state index in [0.29, 0.717) is 0 Å². The summed E-state index contributed by atoms with van der Waals surface area (Å²) in [7, 11) is -2.73. The SMILES string of the molecule is c1ccc2c(c1)-c1ccccc1[Si]21c2ccccc2N2c3c(cccc31)B1c3c(cc4ccccc4c32)-c2cccc3c4c5ccccc5sc4n1c23. The maximum absolute atomic E-state index is 2.75. The summed E-state index contributed by atoms with van der Waals surface area (Å²) in [5.41, 5.74) is 13.7. The molecule has 2 nitrogen and oxygen atoms in total. The first-order valence-electron chi connectivity index (χ1n) is 18.6. The molecule has 10 aromatic rings. The maximum Gasteiger partial charge on any atom is 0.333 e. The van der Waals surface area contributed by atoms with Gasteiger partial charge in [0.15, 0.2) is 8.07 Å². The lowest BCUT2D eigenvalue weighted by molar-refractivity contribution is 1.27. The summed E-state index contributed by atoms with van der Waals surface area (Å²) in [5.74, 6) is 0. The van der Waals surface area contributed by atoms with E-state index in [0.717, 1.165) is 0 Å². The molecule has 6 heterocycles. The van der Waals surface area contributed by atoms with Gasteiger partial charge in [-0.05, 0) is 71.9 Å². The molecule has 0 unspecified atom stereocenters. The van der Waals surface area contributed by atoms with Crippen molar-refractivity contribution in [2.75, 3.05) is 4.90 Å². The summed E-state index contributed by atoms with van der Waals surface area (Å²) in [6.07, 6.45) is 0. The highest BCUT2D eigenvalue weighted by Gasteiger charge is 2.57. The molecule has 4 aliphatic heterocycles. The fraction of sp³-hybridized carbons (Fsp3) is 0. The van der Waals surface area contributed by atoms with Crippen LogP contribution in [0.5, 0.6) is 0 Å². The molecule has 0 saturated heterocycles. The Morgan fingerprint density at radius 1 is 0.491 bits per heavy atom. The minimum absolute atomic E-state index is 0.0296. The van der Waals surface area contributed by atoms with Crippen molar-refractivity contribution in [3.05, 3.63) is 164 Å². The highest BCUT2D eigenvalue weighted by Crippen LogP contribution is 2.51. The summed E-state index contributed by atoms with van der Waals surface area (Å²) in [6, 6.07) is 63.0. The molecule has 0 fully saturated rings. The molecule has 0 saturated carbocycles. The van der Waals surface area contributed by atoms with Gasteiger partial charge in [0.1, 0.15) is 0 Å². The quantitative estimate of drug-likeness (QED) is 0.145. The van der Waals surface area contributed by atoms with Gasteiger partial charge in [-0.25, -0.2) is 0 Å². The minimum Gasteiger partial charge on any atom is -0.367 e. The number of hydrogen-bond acceptors (Lipinski definition) is 2. The Morgan fingerprint density at radius 3 is 1.98 bits per heavy atom. The molecule has 0 bridgehead atoms. The molecule has 242 valence electrons. The van der Waals surface area contributed by atoms with Gasteiger partial charge in [0.05, 0.1) is 10.5 Å². The van der Waals surface area contributed by atoms with Crippen LogP contribution in [-0.4, -0.2) is 19.4 Å². The molecular weight excluding hydrogens is 676 g/mol. The molecular formula is C48H27BN2SSi. The maximum atomic E-state index is 2.75. The van der Waals surface area contributed by atoms with Crippen molar-refractivity contribution in [2.45, 2.75) is 0 Å². The molecule has 14 rings (SSSR count). The van der Waals surface area contributed by atoms with E-state index in [1.54, 1.807) is 0 Å². The van der Waals surface area contributed by atoms with Crippen molar-refractivity contribution in [1.82, 2.24) is 4.48 Å². The fourth-order valence-electron chi connectivity index (χ4n) is 11.2. The van der Waals surface area contributed by atoms with E-state index in [1.165, 1.54) is 113 Å².